The molecule has 4 heteroatoms. The summed E-state index contributed by atoms with van der Waals surface area (Å²) in [5.41, 5.74) is 10.0. The Kier molecular flexibility index (Phi) is 2.37. The third kappa shape index (κ3) is 1.52. The van der Waals surface area contributed by atoms with Gasteiger partial charge in [0, 0.05) is 17.7 Å². The first-order valence-electron chi connectivity index (χ1n) is 5.68. The summed E-state index contributed by atoms with van der Waals surface area (Å²) in [6.45, 7) is 0.435. The zero-order chi connectivity index (χ0) is 11.8. The molecule has 1 aromatic carbocycles. The summed E-state index contributed by atoms with van der Waals surface area (Å²) in [6, 6.07) is 6.03. The monoisotopic (exact) mass is 230 g/mol. The van der Waals surface area contributed by atoms with Crippen molar-refractivity contribution in [2.24, 2.45) is 5.73 Å². The highest BCUT2D eigenvalue weighted by Gasteiger charge is 2.23. The summed E-state index contributed by atoms with van der Waals surface area (Å²) in [4.78, 5) is 0. The Morgan fingerprint density at radius 2 is 2.29 bits per heavy atom. The quantitative estimate of drug-likeness (QED) is 0.856. The Hall–Kier alpha value is -1.81. The fourth-order valence-corrected chi connectivity index (χ4v) is 2.36. The minimum atomic E-state index is 0.435. The van der Waals surface area contributed by atoms with Gasteiger partial charge in [-0.05, 0) is 36.6 Å². The van der Waals surface area contributed by atoms with Gasteiger partial charge in [0.25, 0.3) is 0 Å². The number of aryl methyl sites for hydroxylation is 1. The van der Waals surface area contributed by atoms with Gasteiger partial charge in [0.2, 0.25) is 0 Å². The van der Waals surface area contributed by atoms with Gasteiger partial charge >= 0.3 is 0 Å². The number of methoxy groups -OCH3 is 1. The minimum absolute atomic E-state index is 0.435. The van der Waals surface area contributed by atoms with E-state index in [0.29, 0.717) is 6.54 Å². The Morgan fingerprint density at radius 3 is 3.06 bits per heavy atom. The van der Waals surface area contributed by atoms with Gasteiger partial charge in [0.05, 0.1) is 7.11 Å². The Labute approximate surface area is 99.4 Å². The molecule has 0 unspecified atom stereocenters. The van der Waals surface area contributed by atoms with E-state index in [1.54, 1.807) is 7.11 Å². The molecule has 1 aliphatic carbocycles. The van der Waals surface area contributed by atoms with E-state index in [4.69, 9.17) is 15.0 Å². The molecule has 0 fully saturated rings. The van der Waals surface area contributed by atoms with Gasteiger partial charge < -0.3 is 15.0 Å². The molecular formula is C13H14N2O2. The zero-order valence-corrected chi connectivity index (χ0v) is 9.69. The van der Waals surface area contributed by atoms with E-state index >= 15 is 0 Å². The molecule has 2 aromatic rings. The molecule has 0 saturated heterocycles. The molecule has 0 amide bonds. The highest BCUT2D eigenvalue weighted by atomic mass is 16.5. The van der Waals surface area contributed by atoms with Crippen LogP contribution in [-0.4, -0.2) is 12.3 Å². The second-order valence-corrected chi connectivity index (χ2v) is 4.16. The normalized spacial score (nSPS) is 13.1. The third-order valence-corrected chi connectivity index (χ3v) is 3.26. The van der Waals surface area contributed by atoms with Crippen molar-refractivity contribution in [1.82, 2.24) is 5.16 Å². The van der Waals surface area contributed by atoms with Crippen LogP contribution in [0.25, 0.3) is 11.3 Å². The van der Waals surface area contributed by atoms with Gasteiger partial charge in [-0.2, -0.15) is 0 Å². The number of nitrogens with zero attached hydrogens (tertiary/aromatic N) is 1. The molecule has 1 aliphatic rings. The van der Waals surface area contributed by atoms with Crippen molar-refractivity contribution in [3.63, 3.8) is 0 Å². The van der Waals surface area contributed by atoms with Crippen LogP contribution in [0.5, 0.6) is 5.75 Å². The average Bonchev–Trinajstić information content (AvgIpc) is 2.81. The van der Waals surface area contributed by atoms with Crippen molar-refractivity contribution in [3.05, 3.63) is 35.0 Å². The highest BCUT2D eigenvalue weighted by Crippen LogP contribution is 2.36. The summed E-state index contributed by atoms with van der Waals surface area (Å²) in [5, 5.41) is 4.03. The SMILES string of the molecule is COc1ccc2c(c1)CCc1c(CN)noc1-2. The molecule has 88 valence electrons. The number of aromatic nitrogens is 1. The van der Waals surface area contributed by atoms with E-state index in [0.717, 1.165) is 41.2 Å². The lowest BCUT2D eigenvalue weighted by Gasteiger charge is -2.15. The van der Waals surface area contributed by atoms with Crippen molar-refractivity contribution in [2.75, 3.05) is 7.11 Å². The Bertz CT molecular complexity index is 561. The fraction of sp³-hybridized carbons (Fsp3) is 0.308. The molecule has 0 atom stereocenters. The molecule has 0 saturated carbocycles. The summed E-state index contributed by atoms with van der Waals surface area (Å²) in [7, 11) is 1.68. The van der Waals surface area contributed by atoms with E-state index < -0.39 is 0 Å². The van der Waals surface area contributed by atoms with Crippen LogP contribution in [0.3, 0.4) is 0 Å². The lowest BCUT2D eigenvalue weighted by Crippen LogP contribution is -2.06. The van der Waals surface area contributed by atoms with Crippen LogP contribution in [0.4, 0.5) is 0 Å². The van der Waals surface area contributed by atoms with Gasteiger partial charge in [-0.1, -0.05) is 5.16 Å². The highest BCUT2D eigenvalue weighted by molar-refractivity contribution is 5.69. The first kappa shape index (κ1) is 10.4. The molecule has 1 heterocycles. The largest absolute Gasteiger partial charge is 0.497 e. The average molecular weight is 230 g/mol. The van der Waals surface area contributed by atoms with Crippen molar-refractivity contribution >= 4 is 0 Å². The predicted octanol–water partition coefficient (Wildman–Crippen LogP) is 1.91. The Balaban J connectivity index is 2.14. The number of nitrogens with two attached hydrogens (primary N) is 1. The molecule has 0 radical (unpaired) electrons. The van der Waals surface area contributed by atoms with Crippen LogP contribution in [-0.2, 0) is 19.4 Å². The number of fused-ring (bicyclic) bond motifs is 3. The number of hydrogen-bond donors (Lipinski definition) is 1. The molecule has 2 N–H and O–H groups in total. The number of rotatable bonds is 2. The molecular weight excluding hydrogens is 216 g/mol. The lowest BCUT2D eigenvalue weighted by atomic mass is 9.89. The standard InChI is InChI=1S/C13H14N2O2/c1-16-9-3-5-10-8(6-9)2-4-11-12(7-14)15-17-13(10)11/h3,5-6H,2,4,7,14H2,1H3. The van der Waals surface area contributed by atoms with Crippen molar-refractivity contribution in [2.45, 2.75) is 19.4 Å². The molecule has 0 bridgehead atoms. The van der Waals surface area contributed by atoms with Crippen LogP contribution in [0, 0.1) is 0 Å². The minimum Gasteiger partial charge on any atom is -0.497 e. The van der Waals surface area contributed by atoms with Crippen LogP contribution in [0.2, 0.25) is 0 Å². The van der Waals surface area contributed by atoms with E-state index in [2.05, 4.69) is 11.2 Å². The zero-order valence-electron chi connectivity index (χ0n) is 9.69. The molecule has 1 aromatic heterocycles. The maximum Gasteiger partial charge on any atom is 0.170 e. The maximum atomic E-state index is 5.64. The van der Waals surface area contributed by atoms with Crippen LogP contribution < -0.4 is 10.5 Å². The first-order chi connectivity index (χ1) is 8.33. The number of hydrogen-bond acceptors (Lipinski definition) is 4. The second kappa shape index (κ2) is 3.89. The topological polar surface area (TPSA) is 61.3 Å². The smallest absolute Gasteiger partial charge is 0.170 e. The fourth-order valence-electron chi connectivity index (χ4n) is 2.36. The van der Waals surface area contributed by atoms with E-state index in [1.165, 1.54) is 5.56 Å². The van der Waals surface area contributed by atoms with E-state index in [1.807, 2.05) is 12.1 Å². The maximum absolute atomic E-state index is 5.64. The van der Waals surface area contributed by atoms with E-state index in [-0.39, 0.29) is 0 Å². The third-order valence-electron chi connectivity index (χ3n) is 3.26. The summed E-state index contributed by atoms with van der Waals surface area (Å²) in [6.07, 6.45) is 1.92. The number of ether oxygens (including phenoxy) is 1. The van der Waals surface area contributed by atoms with Gasteiger partial charge in [-0.3, -0.25) is 0 Å². The molecule has 0 aliphatic heterocycles. The molecule has 3 rings (SSSR count). The number of benzene rings is 1. The molecule has 4 nitrogen and oxygen atoms in total. The van der Waals surface area contributed by atoms with Gasteiger partial charge in [-0.15, -0.1) is 0 Å². The van der Waals surface area contributed by atoms with Gasteiger partial charge in [0.15, 0.2) is 5.76 Å². The van der Waals surface area contributed by atoms with E-state index in [9.17, 15) is 0 Å². The lowest BCUT2D eigenvalue weighted by molar-refractivity contribution is 0.413. The van der Waals surface area contributed by atoms with Crippen LogP contribution >= 0.6 is 0 Å². The summed E-state index contributed by atoms with van der Waals surface area (Å²) in [5.74, 6) is 1.75. The molecule has 17 heavy (non-hydrogen) atoms. The first-order valence-corrected chi connectivity index (χ1v) is 5.68. The van der Waals surface area contributed by atoms with Gasteiger partial charge in [-0.25, -0.2) is 0 Å². The Morgan fingerprint density at radius 1 is 1.41 bits per heavy atom. The second-order valence-electron chi connectivity index (χ2n) is 4.16. The van der Waals surface area contributed by atoms with Gasteiger partial charge in [0.1, 0.15) is 11.4 Å². The summed E-state index contributed by atoms with van der Waals surface area (Å²) < 4.78 is 10.6. The van der Waals surface area contributed by atoms with Crippen molar-refractivity contribution in [3.8, 4) is 17.1 Å². The van der Waals surface area contributed by atoms with Crippen LogP contribution in [0.15, 0.2) is 22.7 Å². The summed E-state index contributed by atoms with van der Waals surface area (Å²) >= 11 is 0. The van der Waals surface area contributed by atoms with Crippen molar-refractivity contribution in [1.29, 1.82) is 0 Å². The van der Waals surface area contributed by atoms with Crippen molar-refractivity contribution < 1.29 is 9.26 Å². The van der Waals surface area contributed by atoms with Crippen LogP contribution in [0.1, 0.15) is 16.8 Å². The molecule has 0 spiro atoms. The predicted molar refractivity (Wildman–Crippen MR) is 63.8 cm³/mol.